The smallest absolute Gasteiger partial charge is 0.262 e. The molecule has 3 aromatic carbocycles. The topological polar surface area (TPSA) is 59.6 Å². The number of amides is 1. The monoisotopic (exact) mass is 468 g/mol. The van der Waals surface area contributed by atoms with Gasteiger partial charge in [-0.25, -0.2) is 0 Å². The molecule has 0 aliphatic heterocycles. The molecule has 1 amide bonds. The lowest BCUT2D eigenvalue weighted by Crippen LogP contribution is -2.20. The molecule has 0 aromatic heterocycles. The number of benzene rings is 3. The van der Waals surface area contributed by atoms with Crippen LogP contribution in [-0.2, 0) is 11.3 Å². The maximum atomic E-state index is 12.3. The van der Waals surface area contributed by atoms with Crippen molar-refractivity contribution in [2.24, 2.45) is 0 Å². The van der Waals surface area contributed by atoms with Crippen LogP contribution in [0.2, 0.25) is 0 Å². The third kappa shape index (κ3) is 5.76. The van der Waals surface area contributed by atoms with E-state index in [2.05, 4.69) is 39.6 Å². The van der Waals surface area contributed by atoms with Crippen LogP contribution in [0, 0.1) is 13.8 Å². The van der Waals surface area contributed by atoms with Crippen molar-refractivity contribution in [3.05, 3.63) is 81.8 Å². The summed E-state index contributed by atoms with van der Waals surface area (Å²) < 4.78 is 12.0. The Balaban J connectivity index is 1.65. The number of aryl methyl sites for hydroxylation is 2. The van der Waals surface area contributed by atoms with E-state index in [1.807, 2.05) is 61.5 Å². The van der Waals surface area contributed by atoms with Crippen molar-refractivity contribution < 1.29 is 14.3 Å². The number of methoxy groups -OCH3 is 1. The highest BCUT2D eigenvalue weighted by atomic mass is 79.9. The second-order valence-corrected chi connectivity index (χ2v) is 7.84. The summed E-state index contributed by atoms with van der Waals surface area (Å²) in [5.74, 6) is 0.825. The van der Waals surface area contributed by atoms with Crippen molar-refractivity contribution in [1.29, 1.82) is 0 Å². The van der Waals surface area contributed by atoms with Crippen molar-refractivity contribution in [3.63, 3.8) is 0 Å². The molecule has 0 aliphatic carbocycles. The second kappa shape index (κ2) is 10.2. The summed E-state index contributed by atoms with van der Waals surface area (Å²) in [6.07, 6.45) is 0. The van der Waals surface area contributed by atoms with Crippen molar-refractivity contribution in [2.45, 2.75) is 20.4 Å². The Kier molecular flexibility index (Phi) is 7.36. The molecular weight excluding hydrogens is 444 g/mol. The Bertz CT molecular complexity index is 1040. The third-order valence-corrected chi connectivity index (χ3v) is 5.16. The molecule has 0 fully saturated rings. The molecule has 156 valence electrons. The fourth-order valence-corrected chi connectivity index (χ4v) is 3.65. The maximum absolute atomic E-state index is 12.3. The number of ether oxygens (including phenoxy) is 2. The summed E-state index contributed by atoms with van der Waals surface area (Å²) >= 11 is 3.54. The van der Waals surface area contributed by atoms with Gasteiger partial charge in [-0.2, -0.15) is 0 Å². The van der Waals surface area contributed by atoms with Gasteiger partial charge in [-0.3, -0.25) is 4.79 Å². The molecule has 0 atom stereocenters. The lowest BCUT2D eigenvalue weighted by Gasteiger charge is -2.15. The van der Waals surface area contributed by atoms with Gasteiger partial charge in [0.25, 0.3) is 5.91 Å². The molecule has 5 nitrogen and oxygen atoms in total. The fourth-order valence-electron chi connectivity index (χ4n) is 3.04. The van der Waals surface area contributed by atoms with Crippen LogP contribution in [0.3, 0.4) is 0 Å². The van der Waals surface area contributed by atoms with Gasteiger partial charge in [0.15, 0.2) is 18.1 Å². The summed E-state index contributed by atoms with van der Waals surface area (Å²) in [6.45, 7) is 4.55. The van der Waals surface area contributed by atoms with Gasteiger partial charge in [0, 0.05) is 17.9 Å². The first-order valence-corrected chi connectivity index (χ1v) is 10.4. The molecule has 3 aromatic rings. The number of hydrogen-bond acceptors (Lipinski definition) is 4. The van der Waals surface area contributed by atoms with E-state index in [4.69, 9.17) is 9.47 Å². The average molecular weight is 469 g/mol. The predicted octanol–water partition coefficient (Wildman–Crippen LogP) is 5.70. The molecule has 6 heteroatoms. The SMILES string of the molecule is COc1cc(CNc2ccccc2C)cc(Br)c1OCC(=O)Nc1cccc(C)c1. The van der Waals surface area contributed by atoms with Crippen molar-refractivity contribution in [1.82, 2.24) is 0 Å². The highest BCUT2D eigenvalue weighted by molar-refractivity contribution is 9.10. The van der Waals surface area contributed by atoms with E-state index in [-0.39, 0.29) is 12.5 Å². The number of rotatable bonds is 8. The van der Waals surface area contributed by atoms with E-state index in [9.17, 15) is 4.79 Å². The van der Waals surface area contributed by atoms with Crippen LogP contribution in [0.1, 0.15) is 16.7 Å². The molecule has 0 heterocycles. The molecule has 0 saturated heterocycles. The zero-order valence-corrected chi connectivity index (χ0v) is 18.9. The summed E-state index contributed by atoms with van der Waals surface area (Å²) in [6, 6.07) is 19.6. The number of para-hydroxylation sites is 1. The van der Waals surface area contributed by atoms with Gasteiger partial charge in [-0.1, -0.05) is 30.3 Å². The first kappa shape index (κ1) is 21.7. The Morgan fingerprint density at radius 3 is 2.57 bits per heavy atom. The third-order valence-electron chi connectivity index (χ3n) is 4.57. The fraction of sp³-hybridized carbons (Fsp3) is 0.208. The van der Waals surface area contributed by atoms with Crippen LogP contribution in [-0.4, -0.2) is 19.6 Å². The standard InChI is InChI=1S/C24H25BrN2O3/c1-16-7-6-9-19(11-16)27-23(28)15-30-24-20(25)12-18(13-22(24)29-3)14-26-21-10-5-4-8-17(21)2/h4-13,26H,14-15H2,1-3H3,(H,27,28). The van der Waals surface area contributed by atoms with Gasteiger partial charge in [-0.15, -0.1) is 0 Å². The van der Waals surface area contributed by atoms with Gasteiger partial charge in [-0.05, 0) is 76.8 Å². The van der Waals surface area contributed by atoms with Crippen molar-refractivity contribution in [3.8, 4) is 11.5 Å². The highest BCUT2D eigenvalue weighted by Crippen LogP contribution is 2.37. The normalized spacial score (nSPS) is 10.4. The van der Waals surface area contributed by atoms with Crippen LogP contribution in [0.5, 0.6) is 11.5 Å². The van der Waals surface area contributed by atoms with Gasteiger partial charge in [0.05, 0.1) is 11.6 Å². The minimum atomic E-state index is -0.236. The van der Waals surface area contributed by atoms with E-state index in [0.717, 1.165) is 27.0 Å². The van der Waals surface area contributed by atoms with Gasteiger partial charge in [0.2, 0.25) is 0 Å². The molecule has 2 N–H and O–H groups in total. The van der Waals surface area contributed by atoms with Gasteiger partial charge < -0.3 is 20.1 Å². The quantitative estimate of drug-likeness (QED) is 0.444. The van der Waals surface area contributed by atoms with Crippen LogP contribution < -0.4 is 20.1 Å². The number of halogens is 1. The molecule has 0 radical (unpaired) electrons. The van der Waals surface area contributed by atoms with Gasteiger partial charge in [0.1, 0.15) is 0 Å². The second-order valence-electron chi connectivity index (χ2n) is 6.98. The number of carbonyl (C=O) groups excluding carboxylic acids is 1. The minimum absolute atomic E-state index is 0.121. The number of hydrogen-bond donors (Lipinski definition) is 2. The Morgan fingerprint density at radius 1 is 1.03 bits per heavy atom. The Morgan fingerprint density at radius 2 is 1.83 bits per heavy atom. The molecule has 3 rings (SSSR count). The molecule has 0 saturated carbocycles. The van der Waals surface area contributed by atoms with Gasteiger partial charge >= 0.3 is 0 Å². The van der Waals surface area contributed by atoms with Crippen LogP contribution in [0.25, 0.3) is 0 Å². The van der Waals surface area contributed by atoms with Crippen LogP contribution in [0.4, 0.5) is 11.4 Å². The van der Waals surface area contributed by atoms with E-state index in [0.29, 0.717) is 18.0 Å². The molecule has 0 aliphatic rings. The maximum Gasteiger partial charge on any atom is 0.262 e. The lowest BCUT2D eigenvalue weighted by molar-refractivity contribution is -0.118. The molecule has 0 unspecified atom stereocenters. The summed E-state index contributed by atoms with van der Waals surface area (Å²) in [5.41, 5.74) is 5.11. The van der Waals surface area contributed by atoms with E-state index in [1.165, 1.54) is 5.56 Å². The Labute approximate surface area is 185 Å². The van der Waals surface area contributed by atoms with Crippen LogP contribution >= 0.6 is 15.9 Å². The summed E-state index contributed by atoms with van der Waals surface area (Å²) in [4.78, 5) is 12.3. The first-order valence-electron chi connectivity index (χ1n) is 9.61. The largest absolute Gasteiger partial charge is 0.493 e. The predicted molar refractivity (Wildman–Crippen MR) is 125 cm³/mol. The summed E-state index contributed by atoms with van der Waals surface area (Å²) in [7, 11) is 1.58. The molecule has 0 spiro atoms. The van der Waals surface area contributed by atoms with E-state index < -0.39 is 0 Å². The molecule has 30 heavy (non-hydrogen) atoms. The van der Waals surface area contributed by atoms with Crippen molar-refractivity contribution in [2.75, 3.05) is 24.4 Å². The van der Waals surface area contributed by atoms with E-state index in [1.54, 1.807) is 7.11 Å². The number of anilines is 2. The Hall–Kier alpha value is -2.99. The minimum Gasteiger partial charge on any atom is -0.493 e. The number of carbonyl (C=O) groups is 1. The highest BCUT2D eigenvalue weighted by Gasteiger charge is 2.14. The first-order chi connectivity index (χ1) is 14.5. The molecule has 0 bridgehead atoms. The van der Waals surface area contributed by atoms with Crippen LogP contribution in [0.15, 0.2) is 65.1 Å². The zero-order valence-electron chi connectivity index (χ0n) is 17.3. The summed E-state index contributed by atoms with van der Waals surface area (Å²) in [5, 5.41) is 6.26. The van der Waals surface area contributed by atoms with E-state index >= 15 is 0 Å². The molecular formula is C24H25BrN2O3. The average Bonchev–Trinajstić information content (AvgIpc) is 2.72. The zero-order chi connectivity index (χ0) is 21.5. The van der Waals surface area contributed by atoms with Crippen molar-refractivity contribution >= 4 is 33.2 Å². The number of nitrogens with one attached hydrogen (secondary N) is 2. The lowest BCUT2D eigenvalue weighted by atomic mass is 10.1.